The largest absolute Gasteiger partial charge is 0.398 e. The van der Waals surface area contributed by atoms with E-state index in [0.29, 0.717) is 22.2 Å². The number of piperidine rings is 1. The number of rotatable bonds is 1. The van der Waals surface area contributed by atoms with E-state index in [1.54, 1.807) is 18.2 Å². The number of fused-ring (bicyclic) bond motifs is 1. The number of hydrogen-bond acceptors (Lipinski definition) is 2. The highest BCUT2D eigenvalue weighted by Gasteiger charge is 2.33. The minimum Gasteiger partial charge on any atom is -0.398 e. The average Bonchev–Trinajstić information content (AvgIpc) is 2.49. The summed E-state index contributed by atoms with van der Waals surface area (Å²) in [5.74, 6) is 1.63. The number of likely N-dealkylation sites (tertiary alicyclic amines) is 1. The molecule has 1 heterocycles. The van der Waals surface area contributed by atoms with Crippen LogP contribution in [0.4, 0.5) is 5.69 Å². The van der Waals surface area contributed by atoms with Gasteiger partial charge < -0.3 is 10.6 Å². The minimum absolute atomic E-state index is 0.0948. The fraction of sp³-hybridized carbons (Fsp3) is 0.562. The van der Waals surface area contributed by atoms with E-state index in [-0.39, 0.29) is 5.91 Å². The molecule has 20 heavy (non-hydrogen) atoms. The molecule has 4 heteroatoms. The van der Waals surface area contributed by atoms with Crippen LogP contribution in [0.25, 0.3) is 0 Å². The Labute approximate surface area is 125 Å². The predicted molar refractivity (Wildman–Crippen MR) is 81.8 cm³/mol. The van der Waals surface area contributed by atoms with Crippen molar-refractivity contribution in [3.05, 3.63) is 28.8 Å². The van der Waals surface area contributed by atoms with E-state index in [2.05, 4.69) is 0 Å². The molecule has 0 aromatic heterocycles. The molecule has 3 nitrogen and oxygen atoms in total. The summed E-state index contributed by atoms with van der Waals surface area (Å²) in [4.78, 5) is 14.6. The third-order valence-corrected chi connectivity index (χ3v) is 5.17. The van der Waals surface area contributed by atoms with Crippen LogP contribution in [0.2, 0.25) is 5.02 Å². The molecule has 1 saturated heterocycles. The topological polar surface area (TPSA) is 46.3 Å². The molecule has 2 atom stereocenters. The Morgan fingerprint density at radius 1 is 1.20 bits per heavy atom. The molecule has 1 aromatic carbocycles. The summed E-state index contributed by atoms with van der Waals surface area (Å²) >= 11 is 5.91. The lowest BCUT2D eigenvalue weighted by Crippen LogP contribution is -2.44. The highest BCUT2D eigenvalue weighted by Crippen LogP contribution is 2.36. The first-order valence-corrected chi connectivity index (χ1v) is 7.87. The second-order valence-corrected chi connectivity index (χ2v) is 6.49. The number of halogens is 1. The number of nitrogens with zero attached hydrogens (tertiary/aromatic N) is 1. The number of carbonyl (C=O) groups excluding carboxylic acids is 1. The second kappa shape index (κ2) is 5.65. The molecule has 2 unspecified atom stereocenters. The molecule has 108 valence electrons. The molecule has 1 aromatic rings. The first kappa shape index (κ1) is 13.7. The highest BCUT2D eigenvalue weighted by atomic mass is 35.5. The summed E-state index contributed by atoms with van der Waals surface area (Å²) in [5.41, 5.74) is 6.92. The fourth-order valence-electron chi connectivity index (χ4n) is 3.64. The van der Waals surface area contributed by atoms with E-state index in [4.69, 9.17) is 17.3 Å². The van der Waals surface area contributed by atoms with Crippen molar-refractivity contribution < 1.29 is 4.79 Å². The first-order valence-electron chi connectivity index (χ1n) is 7.49. The smallest absolute Gasteiger partial charge is 0.253 e. The summed E-state index contributed by atoms with van der Waals surface area (Å²) in [5, 5.41) is 0.507. The molecule has 0 radical (unpaired) electrons. The summed E-state index contributed by atoms with van der Waals surface area (Å²) < 4.78 is 0. The summed E-state index contributed by atoms with van der Waals surface area (Å²) in [6.07, 6.45) is 6.46. The summed E-state index contributed by atoms with van der Waals surface area (Å²) in [7, 11) is 0. The zero-order valence-corrected chi connectivity index (χ0v) is 12.4. The number of anilines is 1. The maximum absolute atomic E-state index is 12.6. The van der Waals surface area contributed by atoms with Crippen LogP contribution in [0.15, 0.2) is 18.2 Å². The SMILES string of the molecule is Nc1cc(C(=O)N2CCC3CCCCC3C2)ccc1Cl. The fourth-order valence-corrected chi connectivity index (χ4v) is 3.76. The van der Waals surface area contributed by atoms with Crippen LogP contribution in [0.3, 0.4) is 0 Å². The molecule has 2 N–H and O–H groups in total. The van der Waals surface area contributed by atoms with Gasteiger partial charge in [0.05, 0.1) is 10.7 Å². The van der Waals surface area contributed by atoms with Gasteiger partial charge >= 0.3 is 0 Å². The van der Waals surface area contributed by atoms with Gasteiger partial charge in [0.2, 0.25) is 0 Å². The lowest BCUT2D eigenvalue weighted by molar-refractivity contribution is 0.0521. The first-order chi connectivity index (χ1) is 9.65. The molecule has 0 spiro atoms. The van der Waals surface area contributed by atoms with Gasteiger partial charge in [-0.25, -0.2) is 0 Å². The predicted octanol–water partition coefficient (Wildman–Crippen LogP) is 3.57. The van der Waals surface area contributed by atoms with Crippen LogP contribution in [0, 0.1) is 11.8 Å². The van der Waals surface area contributed by atoms with Crippen molar-refractivity contribution in [3.63, 3.8) is 0 Å². The van der Waals surface area contributed by atoms with Crippen molar-refractivity contribution in [2.45, 2.75) is 32.1 Å². The van der Waals surface area contributed by atoms with Gasteiger partial charge in [-0.15, -0.1) is 0 Å². The van der Waals surface area contributed by atoms with Crippen LogP contribution in [0.5, 0.6) is 0 Å². The molecular formula is C16H21ClN2O. The minimum atomic E-state index is 0.0948. The molecule has 0 bridgehead atoms. The maximum atomic E-state index is 12.6. The molecule has 1 aliphatic carbocycles. The van der Waals surface area contributed by atoms with Gasteiger partial charge in [0.25, 0.3) is 5.91 Å². The van der Waals surface area contributed by atoms with E-state index < -0.39 is 0 Å². The van der Waals surface area contributed by atoms with E-state index >= 15 is 0 Å². The Morgan fingerprint density at radius 3 is 2.70 bits per heavy atom. The summed E-state index contributed by atoms with van der Waals surface area (Å²) in [6, 6.07) is 5.17. The normalized spacial score (nSPS) is 26.1. The average molecular weight is 293 g/mol. The second-order valence-electron chi connectivity index (χ2n) is 6.08. The molecule has 2 aliphatic rings. The van der Waals surface area contributed by atoms with Gasteiger partial charge in [-0.2, -0.15) is 0 Å². The quantitative estimate of drug-likeness (QED) is 0.804. The van der Waals surface area contributed by atoms with Crippen molar-refractivity contribution in [1.29, 1.82) is 0 Å². The van der Waals surface area contributed by atoms with Crippen LogP contribution < -0.4 is 5.73 Å². The zero-order valence-electron chi connectivity index (χ0n) is 11.6. The van der Waals surface area contributed by atoms with E-state index in [9.17, 15) is 4.79 Å². The van der Waals surface area contributed by atoms with Crippen molar-refractivity contribution in [3.8, 4) is 0 Å². The number of nitrogen functional groups attached to an aromatic ring is 1. The van der Waals surface area contributed by atoms with Gasteiger partial charge in [-0.3, -0.25) is 4.79 Å². The Bertz CT molecular complexity index is 517. The van der Waals surface area contributed by atoms with Crippen LogP contribution in [-0.2, 0) is 0 Å². The van der Waals surface area contributed by atoms with Crippen molar-refractivity contribution in [1.82, 2.24) is 4.90 Å². The molecule has 1 aliphatic heterocycles. The number of benzene rings is 1. The molecule has 1 amide bonds. The van der Waals surface area contributed by atoms with E-state index in [1.807, 2.05) is 4.90 Å². The van der Waals surface area contributed by atoms with Gasteiger partial charge in [0, 0.05) is 18.7 Å². The Hall–Kier alpha value is -1.22. The third-order valence-electron chi connectivity index (χ3n) is 4.82. The Morgan fingerprint density at radius 2 is 1.95 bits per heavy atom. The lowest BCUT2D eigenvalue weighted by Gasteiger charge is -2.41. The van der Waals surface area contributed by atoms with Gasteiger partial charge in [-0.1, -0.05) is 30.9 Å². The van der Waals surface area contributed by atoms with E-state index in [0.717, 1.165) is 25.4 Å². The maximum Gasteiger partial charge on any atom is 0.253 e. The summed E-state index contributed by atoms with van der Waals surface area (Å²) in [6.45, 7) is 1.79. The van der Waals surface area contributed by atoms with Gasteiger partial charge in [-0.05, 0) is 42.9 Å². The Kier molecular flexibility index (Phi) is 3.88. The van der Waals surface area contributed by atoms with Gasteiger partial charge in [0.1, 0.15) is 0 Å². The van der Waals surface area contributed by atoms with Crippen molar-refractivity contribution in [2.75, 3.05) is 18.8 Å². The van der Waals surface area contributed by atoms with Crippen LogP contribution in [-0.4, -0.2) is 23.9 Å². The monoisotopic (exact) mass is 292 g/mol. The van der Waals surface area contributed by atoms with Crippen molar-refractivity contribution in [2.24, 2.45) is 11.8 Å². The van der Waals surface area contributed by atoms with E-state index in [1.165, 1.54) is 25.7 Å². The van der Waals surface area contributed by atoms with Crippen LogP contribution in [0.1, 0.15) is 42.5 Å². The number of amides is 1. The highest BCUT2D eigenvalue weighted by molar-refractivity contribution is 6.33. The van der Waals surface area contributed by atoms with Crippen LogP contribution >= 0.6 is 11.6 Å². The lowest BCUT2D eigenvalue weighted by atomic mass is 9.75. The standard InChI is InChI=1S/C16H21ClN2O/c17-14-6-5-12(9-15(14)18)16(20)19-8-7-11-3-1-2-4-13(11)10-19/h5-6,9,11,13H,1-4,7-8,10,18H2. The molecule has 2 fully saturated rings. The zero-order chi connectivity index (χ0) is 14.1. The molecule has 1 saturated carbocycles. The Balaban J connectivity index is 1.72. The number of hydrogen-bond donors (Lipinski definition) is 1. The number of carbonyl (C=O) groups is 1. The molecular weight excluding hydrogens is 272 g/mol. The van der Waals surface area contributed by atoms with Gasteiger partial charge in [0.15, 0.2) is 0 Å². The number of nitrogens with two attached hydrogens (primary N) is 1. The molecule has 3 rings (SSSR count). The third kappa shape index (κ3) is 2.64. The van der Waals surface area contributed by atoms with Crippen molar-refractivity contribution >= 4 is 23.2 Å².